The molecule has 3 nitrogen and oxygen atoms in total. The Morgan fingerprint density at radius 2 is 1.59 bits per heavy atom. The molecule has 17 heavy (non-hydrogen) atoms. The number of furan rings is 1. The largest absolute Gasteiger partial charge is 0.464 e. The van der Waals surface area contributed by atoms with E-state index in [9.17, 15) is 0 Å². The fourth-order valence-corrected chi connectivity index (χ4v) is 1.82. The second-order valence-corrected chi connectivity index (χ2v) is 3.65. The highest BCUT2D eigenvalue weighted by molar-refractivity contribution is 5.80. The van der Waals surface area contributed by atoms with E-state index >= 15 is 0 Å². The minimum atomic E-state index is 0.851. The third-order valence-electron chi connectivity index (χ3n) is 2.59. The standard InChI is InChI=1S/C14H10N2O/c1-2-5-13(14-6-3-7-17-14)12(4-1)11-8-15-10-16-9-11/h1-10H. The Labute approximate surface area is 98.8 Å². The second-order valence-electron chi connectivity index (χ2n) is 3.65. The molecule has 82 valence electrons. The van der Waals surface area contributed by atoms with Crippen LogP contribution in [0.3, 0.4) is 0 Å². The predicted octanol–water partition coefficient (Wildman–Crippen LogP) is 3.40. The molecule has 2 aromatic heterocycles. The predicted molar refractivity (Wildman–Crippen MR) is 65.2 cm³/mol. The average molecular weight is 222 g/mol. The molecule has 0 N–H and O–H groups in total. The summed E-state index contributed by atoms with van der Waals surface area (Å²) in [5.41, 5.74) is 3.11. The third-order valence-corrected chi connectivity index (χ3v) is 2.59. The number of rotatable bonds is 2. The van der Waals surface area contributed by atoms with E-state index in [1.165, 1.54) is 6.33 Å². The lowest BCUT2D eigenvalue weighted by molar-refractivity contribution is 0.582. The Balaban J connectivity index is 2.18. The molecule has 0 amide bonds. The van der Waals surface area contributed by atoms with Gasteiger partial charge in [0.1, 0.15) is 12.1 Å². The first-order valence-corrected chi connectivity index (χ1v) is 5.33. The van der Waals surface area contributed by atoms with Crippen molar-refractivity contribution in [3.8, 4) is 22.5 Å². The highest BCUT2D eigenvalue weighted by Gasteiger charge is 2.08. The molecule has 0 atom stereocenters. The highest BCUT2D eigenvalue weighted by Crippen LogP contribution is 2.31. The smallest absolute Gasteiger partial charge is 0.134 e. The van der Waals surface area contributed by atoms with Gasteiger partial charge in [0.05, 0.1) is 6.26 Å². The van der Waals surface area contributed by atoms with Crippen LogP contribution in [-0.2, 0) is 0 Å². The van der Waals surface area contributed by atoms with Gasteiger partial charge in [-0.15, -0.1) is 0 Å². The summed E-state index contributed by atoms with van der Waals surface area (Å²) in [7, 11) is 0. The lowest BCUT2D eigenvalue weighted by Gasteiger charge is -2.06. The van der Waals surface area contributed by atoms with Gasteiger partial charge in [0.25, 0.3) is 0 Å². The van der Waals surface area contributed by atoms with Gasteiger partial charge in [-0.2, -0.15) is 0 Å². The molecule has 2 heterocycles. The van der Waals surface area contributed by atoms with E-state index in [0.717, 1.165) is 22.5 Å². The number of nitrogens with zero attached hydrogens (tertiary/aromatic N) is 2. The molecule has 0 unspecified atom stereocenters. The molecule has 0 radical (unpaired) electrons. The fourth-order valence-electron chi connectivity index (χ4n) is 1.82. The van der Waals surface area contributed by atoms with Crippen LogP contribution in [0.4, 0.5) is 0 Å². The van der Waals surface area contributed by atoms with E-state index in [-0.39, 0.29) is 0 Å². The summed E-state index contributed by atoms with van der Waals surface area (Å²) in [5.74, 6) is 0.851. The zero-order valence-electron chi connectivity index (χ0n) is 9.08. The molecule has 0 fully saturated rings. The van der Waals surface area contributed by atoms with Gasteiger partial charge in [-0.05, 0) is 17.7 Å². The highest BCUT2D eigenvalue weighted by atomic mass is 16.3. The Morgan fingerprint density at radius 3 is 2.29 bits per heavy atom. The van der Waals surface area contributed by atoms with Crippen molar-refractivity contribution in [3.63, 3.8) is 0 Å². The van der Waals surface area contributed by atoms with Crippen molar-refractivity contribution in [2.24, 2.45) is 0 Å². The maximum Gasteiger partial charge on any atom is 0.134 e. The first-order chi connectivity index (χ1) is 8.45. The van der Waals surface area contributed by atoms with Gasteiger partial charge in [0.2, 0.25) is 0 Å². The maximum atomic E-state index is 5.44. The van der Waals surface area contributed by atoms with Crippen LogP contribution in [0.1, 0.15) is 0 Å². The van der Waals surface area contributed by atoms with E-state index in [0.29, 0.717) is 0 Å². The zero-order chi connectivity index (χ0) is 11.5. The fraction of sp³-hybridized carbons (Fsp3) is 0. The van der Waals surface area contributed by atoms with Gasteiger partial charge in [-0.25, -0.2) is 9.97 Å². The SMILES string of the molecule is c1coc(-c2ccccc2-c2cncnc2)c1. The Kier molecular flexibility index (Phi) is 2.43. The van der Waals surface area contributed by atoms with Crippen LogP contribution >= 0.6 is 0 Å². The molecule has 1 aromatic carbocycles. The molecular weight excluding hydrogens is 212 g/mol. The minimum absolute atomic E-state index is 0.851. The first-order valence-electron chi connectivity index (χ1n) is 5.33. The molecule has 0 bridgehead atoms. The average Bonchev–Trinajstić information content (AvgIpc) is 2.94. The second kappa shape index (κ2) is 4.22. The molecule has 3 heteroatoms. The van der Waals surface area contributed by atoms with Gasteiger partial charge in [0.15, 0.2) is 0 Å². The lowest BCUT2D eigenvalue weighted by atomic mass is 10.0. The maximum absolute atomic E-state index is 5.44. The van der Waals surface area contributed by atoms with Gasteiger partial charge in [0, 0.05) is 23.5 Å². The van der Waals surface area contributed by atoms with Gasteiger partial charge < -0.3 is 4.42 Å². The minimum Gasteiger partial charge on any atom is -0.464 e. The van der Waals surface area contributed by atoms with Crippen molar-refractivity contribution in [3.05, 3.63) is 61.4 Å². The van der Waals surface area contributed by atoms with E-state index in [1.54, 1.807) is 18.7 Å². The molecule has 0 saturated heterocycles. The topological polar surface area (TPSA) is 38.9 Å². The Bertz CT molecular complexity index is 603. The van der Waals surface area contributed by atoms with Crippen LogP contribution in [0.15, 0.2) is 65.8 Å². The van der Waals surface area contributed by atoms with E-state index in [4.69, 9.17) is 4.42 Å². The molecule has 0 spiro atoms. The van der Waals surface area contributed by atoms with Crippen molar-refractivity contribution in [2.75, 3.05) is 0 Å². The molecule has 0 saturated carbocycles. The molecule has 3 aromatic rings. The van der Waals surface area contributed by atoms with E-state index < -0.39 is 0 Å². The zero-order valence-corrected chi connectivity index (χ0v) is 9.08. The van der Waals surface area contributed by atoms with Gasteiger partial charge in [-0.3, -0.25) is 0 Å². The molecule has 0 aliphatic carbocycles. The van der Waals surface area contributed by atoms with Crippen LogP contribution in [0.2, 0.25) is 0 Å². The number of aromatic nitrogens is 2. The number of benzene rings is 1. The molecule has 0 aliphatic rings. The Hall–Kier alpha value is -2.42. The summed E-state index contributed by atoms with van der Waals surface area (Å²) in [6, 6.07) is 11.9. The van der Waals surface area contributed by atoms with Crippen LogP contribution in [0.5, 0.6) is 0 Å². The van der Waals surface area contributed by atoms with Crippen LogP contribution < -0.4 is 0 Å². The Morgan fingerprint density at radius 1 is 0.824 bits per heavy atom. The van der Waals surface area contributed by atoms with E-state index in [2.05, 4.69) is 9.97 Å². The van der Waals surface area contributed by atoms with Crippen molar-refractivity contribution in [1.82, 2.24) is 9.97 Å². The molecule has 0 aliphatic heterocycles. The quantitative estimate of drug-likeness (QED) is 0.667. The van der Waals surface area contributed by atoms with Crippen LogP contribution in [-0.4, -0.2) is 9.97 Å². The summed E-state index contributed by atoms with van der Waals surface area (Å²) < 4.78 is 5.44. The lowest BCUT2D eigenvalue weighted by Crippen LogP contribution is -1.85. The van der Waals surface area contributed by atoms with Crippen LogP contribution in [0, 0.1) is 0 Å². The summed E-state index contributed by atoms with van der Waals surface area (Å²) in [4.78, 5) is 8.08. The first kappa shape index (κ1) is 9.78. The normalized spacial score (nSPS) is 10.4. The van der Waals surface area contributed by atoms with Crippen molar-refractivity contribution >= 4 is 0 Å². The molecule has 3 rings (SSSR count). The van der Waals surface area contributed by atoms with Crippen molar-refractivity contribution in [1.29, 1.82) is 0 Å². The summed E-state index contributed by atoms with van der Waals surface area (Å²) >= 11 is 0. The third kappa shape index (κ3) is 1.83. The van der Waals surface area contributed by atoms with Crippen molar-refractivity contribution < 1.29 is 4.42 Å². The number of hydrogen-bond donors (Lipinski definition) is 0. The van der Waals surface area contributed by atoms with Gasteiger partial charge >= 0.3 is 0 Å². The number of hydrogen-bond acceptors (Lipinski definition) is 3. The van der Waals surface area contributed by atoms with Crippen LogP contribution in [0.25, 0.3) is 22.5 Å². The monoisotopic (exact) mass is 222 g/mol. The summed E-state index contributed by atoms with van der Waals surface area (Å²) in [6.07, 6.45) is 6.80. The van der Waals surface area contributed by atoms with Gasteiger partial charge in [-0.1, -0.05) is 24.3 Å². The summed E-state index contributed by atoms with van der Waals surface area (Å²) in [5, 5.41) is 0. The summed E-state index contributed by atoms with van der Waals surface area (Å²) in [6.45, 7) is 0. The van der Waals surface area contributed by atoms with E-state index in [1.807, 2.05) is 36.4 Å². The molecular formula is C14H10N2O. The van der Waals surface area contributed by atoms with Crippen molar-refractivity contribution in [2.45, 2.75) is 0 Å².